The number of hydrogen-bond acceptors (Lipinski definition) is 5. The Balaban J connectivity index is 3.38. The smallest absolute Gasteiger partial charge is 0.408 e. The molecule has 38 heavy (non-hydrogen) atoms. The lowest BCUT2D eigenvalue weighted by atomic mass is 9.98. The highest BCUT2D eigenvalue weighted by Gasteiger charge is 2.37. The zero-order valence-corrected chi connectivity index (χ0v) is 24.6. The van der Waals surface area contributed by atoms with Crippen molar-refractivity contribution in [1.82, 2.24) is 15.5 Å². The molecule has 0 fully saturated rings. The molecule has 8 nitrogen and oxygen atoms in total. The molecule has 0 bridgehead atoms. The topological polar surface area (TPSA) is 108 Å². The summed E-state index contributed by atoms with van der Waals surface area (Å²) in [6, 6.07) is 4.66. The number of nitrogens with one attached hydrogen (secondary N) is 2. The zero-order chi connectivity index (χ0) is 28.7. The monoisotopic (exact) mass is 533 g/mol. The van der Waals surface area contributed by atoms with Gasteiger partial charge < -0.3 is 25.4 Å². The van der Waals surface area contributed by atoms with E-state index in [1.54, 1.807) is 37.8 Å². The van der Waals surface area contributed by atoms with Gasteiger partial charge in [-0.15, -0.1) is 0 Å². The number of benzene rings is 1. The molecule has 2 atom stereocenters. The lowest BCUT2D eigenvalue weighted by Gasteiger charge is -2.35. The van der Waals surface area contributed by atoms with Crippen molar-refractivity contribution in [3.05, 3.63) is 29.8 Å². The van der Waals surface area contributed by atoms with Crippen LogP contribution in [0.15, 0.2) is 24.3 Å². The average molecular weight is 534 g/mol. The molecule has 0 spiro atoms. The van der Waals surface area contributed by atoms with E-state index in [4.69, 9.17) is 4.74 Å². The molecule has 0 aromatic heterocycles. The summed E-state index contributed by atoms with van der Waals surface area (Å²) in [5.74, 6) is -0.865. The fourth-order valence-electron chi connectivity index (χ4n) is 4.23. The van der Waals surface area contributed by atoms with E-state index in [2.05, 4.69) is 24.5 Å². The number of carbonyl (C=O) groups is 3. The van der Waals surface area contributed by atoms with E-state index in [9.17, 15) is 19.5 Å². The van der Waals surface area contributed by atoms with Gasteiger partial charge >= 0.3 is 6.09 Å². The molecule has 8 heteroatoms. The van der Waals surface area contributed by atoms with E-state index < -0.39 is 23.8 Å². The first-order chi connectivity index (χ1) is 17.9. The van der Waals surface area contributed by atoms with Crippen molar-refractivity contribution >= 4 is 17.9 Å². The number of carbonyl (C=O) groups excluding carboxylic acids is 3. The lowest BCUT2D eigenvalue weighted by Crippen LogP contribution is -2.55. The van der Waals surface area contributed by atoms with Crippen molar-refractivity contribution in [1.29, 1.82) is 0 Å². The van der Waals surface area contributed by atoms with Crippen LogP contribution in [-0.4, -0.2) is 52.6 Å². The maximum atomic E-state index is 14.1. The van der Waals surface area contributed by atoms with Crippen LogP contribution in [-0.2, 0) is 14.3 Å². The third-order valence-electron chi connectivity index (χ3n) is 6.22. The predicted molar refractivity (Wildman–Crippen MR) is 152 cm³/mol. The van der Waals surface area contributed by atoms with Gasteiger partial charge in [0, 0.05) is 13.1 Å². The molecule has 0 saturated heterocycles. The van der Waals surface area contributed by atoms with Gasteiger partial charge in [0.2, 0.25) is 11.8 Å². The highest BCUT2D eigenvalue weighted by atomic mass is 16.6. The van der Waals surface area contributed by atoms with E-state index in [-0.39, 0.29) is 23.5 Å². The second-order valence-corrected chi connectivity index (χ2v) is 11.3. The van der Waals surface area contributed by atoms with E-state index >= 15 is 0 Å². The average Bonchev–Trinajstić information content (AvgIpc) is 2.82. The minimum atomic E-state index is -0.941. The second-order valence-electron chi connectivity index (χ2n) is 11.3. The van der Waals surface area contributed by atoms with Gasteiger partial charge in [-0.1, -0.05) is 78.4 Å². The van der Waals surface area contributed by atoms with Gasteiger partial charge in [0.05, 0.1) is 0 Å². The number of hydrogen-bond donors (Lipinski definition) is 3. The first-order valence-electron chi connectivity index (χ1n) is 14.3. The SMILES string of the molecule is CCCCCCCN(C(=O)C(NC(=O)OC(C)(C)C)C(C)C)C(C(=O)NCCCCC)c1cccc(O)c1. The van der Waals surface area contributed by atoms with Crippen molar-refractivity contribution in [3.63, 3.8) is 0 Å². The van der Waals surface area contributed by atoms with Crippen LogP contribution in [0.2, 0.25) is 0 Å². The quantitative estimate of drug-likeness (QED) is 0.223. The lowest BCUT2D eigenvalue weighted by molar-refractivity contribution is -0.143. The van der Waals surface area contributed by atoms with Crippen molar-refractivity contribution < 1.29 is 24.2 Å². The normalized spacial score (nSPS) is 13.1. The van der Waals surface area contributed by atoms with Crippen LogP contribution in [0.3, 0.4) is 0 Å². The maximum Gasteiger partial charge on any atom is 0.408 e. The molecule has 0 aliphatic heterocycles. The number of nitrogens with zero attached hydrogens (tertiary/aromatic N) is 1. The summed E-state index contributed by atoms with van der Waals surface area (Å²) in [5, 5.41) is 15.9. The van der Waals surface area contributed by atoms with Crippen LogP contribution in [0.1, 0.15) is 111 Å². The van der Waals surface area contributed by atoms with Crippen molar-refractivity contribution in [2.75, 3.05) is 13.1 Å². The Kier molecular flexibility index (Phi) is 14.8. The van der Waals surface area contributed by atoms with Crippen LogP contribution in [0.4, 0.5) is 4.79 Å². The highest BCUT2D eigenvalue weighted by Crippen LogP contribution is 2.27. The van der Waals surface area contributed by atoms with E-state index in [1.165, 1.54) is 12.1 Å². The Morgan fingerprint density at radius 1 is 0.974 bits per heavy atom. The summed E-state index contributed by atoms with van der Waals surface area (Å²) in [7, 11) is 0. The van der Waals surface area contributed by atoms with Crippen LogP contribution in [0, 0.1) is 5.92 Å². The number of aromatic hydroxyl groups is 1. The van der Waals surface area contributed by atoms with Crippen LogP contribution in [0.25, 0.3) is 0 Å². The fraction of sp³-hybridized carbons (Fsp3) is 0.700. The van der Waals surface area contributed by atoms with Crippen molar-refractivity contribution in [2.24, 2.45) is 5.92 Å². The molecule has 1 aromatic rings. The zero-order valence-electron chi connectivity index (χ0n) is 24.6. The first-order valence-corrected chi connectivity index (χ1v) is 14.3. The molecule has 1 rings (SSSR count). The number of phenols is 1. The van der Waals surface area contributed by atoms with Gasteiger partial charge in [-0.3, -0.25) is 9.59 Å². The summed E-state index contributed by atoms with van der Waals surface area (Å²) in [6.45, 7) is 14.1. The van der Waals surface area contributed by atoms with E-state index in [0.29, 0.717) is 18.7 Å². The van der Waals surface area contributed by atoms with Crippen LogP contribution >= 0.6 is 0 Å². The Morgan fingerprint density at radius 2 is 1.61 bits per heavy atom. The van der Waals surface area contributed by atoms with E-state index in [0.717, 1.165) is 51.4 Å². The number of ether oxygens (including phenoxy) is 1. The van der Waals surface area contributed by atoms with Gasteiger partial charge in [-0.25, -0.2) is 4.79 Å². The third-order valence-corrected chi connectivity index (χ3v) is 6.22. The molecule has 0 heterocycles. The van der Waals surface area contributed by atoms with Crippen molar-refractivity contribution in [3.8, 4) is 5.75 Å². The number of rotatable bonds is 16. The molecule has 216 valence electrons. The molecular formula is C30H51N3O5. The van der Waals surface area contributed by atoms with Crippen molar-refractivity contribution in [2.45, 2.75) is 118 Å². The molecule has 0 aliphatic carbocycles. The molecule has 0 radical (unpaired) electrons. The van der Waals surface area contributed by atoms with Gasteiger partial charge in [-0.05, 0) is 57.2 Å². The summed E-state index contributed by atoms with van der Waals surface area (Å²) in [5.41, 5.74) is -0.185. The number of alkyl carbamates (subject to hydrolysis) is 1. The molecule has 0 saturated carbocycles. The summed E-state index contributed by atoms with van der Waals surface area (Å²) >= 11 is 0. The summed E-state index contributed by atoms with van der Waals surface area (Å²) < 4.78 is 5.42. The minimum Gasteiger partial charge on any atom is -0.508 e. The minimum absolute atomic E-state index is 0.0221. The Hall–Kier alpha value is -2.77. The number of unbranched alkanes of at least 4 members (excludes halogenated alkanes) is 6. The molecule has 2 unspecified atom stereocenters. The van der Waals surface area contributed by atoms with Gasteiger partial charge in [0.1, 0.15) is 23.4 Å². The molecule has 3 N–H and O–H groups in total. The molecule has 3 amide bonds. The standard InChI is InChI=1S/C30H51N3O5/c1-8-10-12-13-15-20-33(28(36)25(22(3)4)32-29(37)38-30(5,6)7)26(23-17-16-18-24(34)21-23)27(35)31-19-14-11-9-2/h16-18,21-22,25-26,34H,8-15,19-20H2,1-7H3,(H,31,35)(H,32,37). The summed E-state index contributed by atoms with van der Waals surface area (Å²) in [4.78, 5) is 41.9. The Labute approximate surface area is 229 Å². The number of phenolic OH excluding ortho intramolecular Hbond substituents is 1. The fourth-order valence-corrected chi connectivity index (χ4v) is 4.23. The third kappa shape index (κ3) is 12.2. The molecule has 1 aromatic carbocycles. The van der Waals surface area contributed by atoms with Gasteiger partial charge in [0.25, 0.3) is 0 Å². The number of amides is 3. The van der Waals surface area contributed by atoms with Gasteiger partial charge in [-0.2, -0.15) is 0 Å². The maximum absolute atomic E-state index is 14.1. The molecular weight excluding hydrogens is 482 g/mol. The Bertz CT molecular complexity index is 866. The largest absolute Gasteiger partial charge is 0.508 e. The molecule has 0 aliphatic rings. The van der Waals surface area contributed by atoms with Crippen LogP contribution in [0.5, 0.6) is 5.75 Å². The van der Waals surface area contributed by atoms with Gasteiger partial charge in [0.15, 0.2) is 0 Å². The summed E-state index contributed by atoms with van der Waals surface area (Å²) in [6.07, 6.45) is 7.09. The predicted octanol–water partition coefficient (Wildman–Crippen LogP) is 6.09. The second kappa shape index (κ2) is 16.9. The first kappa shape index (κ1) is 33.3. The van der Waals surface area contributed by atoms with Crippen LogP contribution < -0.4 is 10.6 Å². The van der Waals surface area contributed by atoms with E-state index in [1.807, 2.05) is 13.8 Å². The Morgan fingerprint density at radius 3 is 2.18 bits per heavy atom. The highest BCUT2D eigenvalue weighted by molar-refractivity contribution is 5.92.